The number of hydrogen-bond acceptors (Lipinski definition) is 3. The fourth-order valence-corrected chi connectivity index (χ4v) is 8.29. The molecule has 0 amide bonds. The van der Waals surface area contributed by atoms with Gasteiger partial charge in [-0.15, -0.1) is 0 Å². The van der Waals surface area contributed by atoms with Gasteiger partial charge in [0.15, 0.2) is 11.6 Å². The number of rotatable bonds is 3. The van der Waals surface area contributed by atoms with Crippen molar-refractivity contribution in [3.05, 3.63) is 181 Å². The first-order valence-electron chi connectivity index (χ1n) is 17.8. The summed E-state index contributed by atoms with van der Waals surface area (Å²) in [6, 6.07) is 60.2. The Morgan fingerprint density at radius 3 is 1.48 bits per heavy atom. The molecular formula is C48H34N4. The van der Waals surface area contributed by atoms with E-state index in [1.165, 1.54) is 33.0 Å². The van der Waals surface area contributed by atoms with Crippen LogP contribution < -0.4 is 0 Å². The van der Waals surface area contributed by atoms with Crippen LogP contribution in [0.15, 0.2) is 170 Å². The molecule has 0 saturated carbocycles. The van der Waals surface area contributed by atoms with Crippen LogP contribution in [0.5, 0.6) is 0 Å². The predicted molar refractivity (Wildman–Crippen MR) is 215 cm³/mol. The van der Waals surface area contributed by atoms with Crippen LogP contribution in [-0.2, 0) is 5.41 Å². The average molecular weight is 667 g/mol. The first kappa shape index (κ1) is 30.2. The van der Waals surface area contributed by atoms with E-state index >= 15 is 0 Å². The Morgan fingerprint density at radius 2 is 0.846 bits per heavy atom. The maximum atomic E-state index is 5.47. The van der Waals surface area contributed by atoms with Crippen LogP contribution in [0, 0.1) is 0 Å². The molecule has 0 atom stereocenters. The number of benzene rings is 7. The number of hydrogen-bond donors (Lipinski definition) is 0. The molecule has 10 rings (SSSR count). The van der Waals surface area contributed by atoms with E-state index < -0.39 is 0 Å². The monoisotopic (exact) mass is 666 g/mol. The van der Waals surface area contributed by atoms with Gasteiger partial charge in [0.25, 0.3) is 0 Å². The van der Waals surface area contributed by atoms with E-state index in [0.29, 0.717) is 17.6 Å². The molecule has 9 aromatic rings. The number of para-hydroxylation sites is 2. The lowest BCUT2D eigenvalue weighted by molar-refractivity contribution is 0.660. The zero-order valence-corrected chi connectivity index (χ0v) is 29.0. The van der Waals surface area contributed by atoms with E-state index in [2.05, 4.69) is 170 Å². The van der Waals surface area contributed by atoms with Crippen LogP contribution >= 0.6 is 0 Å². The van der Waals surface area contributed by atoms with E-state index in [9.17, 15) is 0 Å². The summed E-state index contributed by atoms with van der Waals surface area (Å²) in [5.74, 6) is 1.83. The Kier molecular flexibility index (Phi) is 6.80. The minimum atomic E-state index is -0.153. The van der Waals surface area contributed by atoms with E-state index in [4.69, 9.17) is 15.0 Å². The third-order valence-corrected chi connectivity index (χ3v) is 10.7. The highest BCUT2D eigenvalue weighted by Crippen LogP contribution is 2.51. The van der Waals surface area contributed by atoms with Crippen molar-refractivity contribution in [3.63, 3.8) is 0 Å². The van der Waals surface area contributed by atoms with Gasteiger partial charge in [-0.1, -0.05) is 172 Å². The number of aromatic nitrogens is 4. The van der Waals surface area contributed by atoms with Crippen molar-refractivity contribution in [1.29, 1.82) is 0 Å². The van der Waals surface area contributed by atoms with Gasteiger partial charge in [0.2, 0.25) is 5.95 Å². The molecule has 7 aromatic carbocycles. The summed E-state index contributed by atoms with van der Waals surface area (Å²) < 4.78 is 2.24. The Balaban J connectivity index is 1.40. The Morgan fingerprint density at radius 1 is 0.385 bits per heavy atom. The Hall–Kier alpha value is -6.65. The Bertz CT molecular complexity index is 2830. The van der Waals surface area contributed by atoms with Crippen LogP contribution in [0.4, 0.5) is 0 Å². The SMILES string of the molecule is CC1(C)c2ccccc2-c2c(-c3nc(-c4ccccc4)nc(-n4c5ccccc5c5ccccc5c5ccccc5c5ccccc54)n3)cccc21. The second kappa shape index (κ2) is 11.7. The fraction of sp³-hybridized carbons (Fsp3) is 0.0625. The van der Waals surface area contributed by atoms with Gasteiger partial charge < -0.3 is 0 Å². The lowest BCUT2D eigenvalue weighted by atomic mass is 9.82. The lowest BCUT2D eigenvalue weighted by Gasteiger charge is -2.21. The molecule has 0 unspecified atom stereocenters. The standard InChI is InChI=1S/C48H34N4/c1-48(2)40-27-13-10-25-38(40)44-39(26-16-28-41(44)48)46-49-45(31-17-4-3-5-18-31)50-47(51-46)52-42-29-14-11-23-36(42)34-21-8-6-19-32(34)33-20-7-9-22-35(33)37-24-12-15-30-43(37)52/h3-30H,1-2H3. The summed E-state index contributed by atoms with van der Waals surface area (Å²) in [4.78, 5) is 16.1. The summed E-state index contributed by atoms with van der Waals surface area (Å²) in [5, 5.41) is 6.88. The summed E-state index contributed by atoms with van der Waals surface area (Å²) in [7, 11) is 0. The molecule has 2 aromatic heterocycles. The van der Waals surface area contributed by atoms with Crippen molar-refractivity contribution < 1.29 is 0 Å². The van der Waals surface area contributed by atoms with Crippen molar-refractivity contribution >= 4 is 43.4 Å². The quantitative estimate of drug-likeness (QED) is 0.188. The topological polar surface area (TPSA) is 43.6 Å². The third-order valence-electron chi connectivity index (χ3n) is 10.7. The second-order valence-electron chi connectivity index (χ2n) is 14.0. The maximum absolute atomic E-state index is 5.47. The van der Waals surface area contributed by atoms with Crippen LogP contribution in [0.25, 0.3) is 83.2 Å². The zero-order chi connectivity index (χ0) is 34.8. The normalized spacial score (nSPS) is 13.0. The van der Waals surface area contributed by atoms with Crippen molar-refractivity contribution in [1.82, 2.24) is 19.5 Å². The van der Waals surface area contributed by atoms with E-state index in [1.54, 1.807) is 0 Å². The fourth-order valence-electron chi connectivity index (χ4n) is 8.29. The molecule has 0 fully saturated rings. The molecule has 4 nitrogen and oxygen atoms in total. The minimum Gasteiger partial charge on any atom is -0.278 e. The van der Waals surface area contributed by atoms with Crippen LogP contribution in [-0.4, -0.2) is 19.5 Å². The molecular weight excluding hydrogens is 633 g/mol. The van der Waals surface area contributed by atoms with Gasteiger partial charge in [-0.25, -0.2) is 4.98 Å². The predicted octanol–water partition coefficient (Wildman–Crippen LogP) is 12.0. The largest absolute Gasteiger partial charge is 0.278 e. The number of fused-ring (bicyclic) bond motifs is 10. The van der Waals surface area contributed by atoms with E-state index in [1.807, 2.05) is 18.2 Å². The van der Waals surface area contributed by atoms with Crippen LogP contribution in [0.2, 0.25) is 0 Å². The zero-order valence-electron chi connectivity index (χ0n) is 29.0. The summed E-state index contributed by atoms with van der Waals surface area (Å²) in [5.41, 5.74) is 8.78. The molecule has 1 aliphatic rings. The van der Waals surface area contributed by atoms with Crippen LogP contribution in [0.1, 0.15) is 25.0 Å². The van der Waals surface area contributed by atoms with E-state index in [-0.39, 0.29) is 5.41 Å². The molecule has 1 aliphatic carbocycles. The highest BCUT2D eigenvalue weighted by atomic mass is 15.2. The maximum Gasteiger partial charge on any atom is 0.238 e. The Labute approximate surface area is 302 Å². The van der Waals surface area contributed by atoms with Crippen molar-refractivity contribution in [2.24, 2.45) is 0 Å². The highest BCUT2D eigenvalue weighted by molar-refractivity contribution is 6.19. The van der Waals surface area contributed by atoms with Gasteiger partial charge in [-0.2, -0.15) is 9.97 Å². The smallest absolute Gasteiger partial charge is 0.238 e. The van der Waals surface area contributed by atoms with Gasteiger partial charge in [-0.3, -0.25) is 4.57 Å². The molecule has 2 heterocycles. The van der Waals surface area contributed by atoms with Gasteiger partial charge in [0.1, 0.15) is 0 Å². The molecule has 52 heavy (non-hydrogen) atoms. The second-order valence-corrected chi connectivity index (χ2v) is 14.0. The highest BCUT2D eigenvalue weighted by Gasteiger charge is 2.37. The first-order chi connectivity index (χ1) is 25.6. The minimum absolute atomic E-state index is 0.153. The first-order valence-corrected chi connectivity index (χ1v) is 17.8. The van der Waals surface area contributed by atoms with Crippen molar-refractivity contribution in [2.75, 3.05) is 0 Å². The van der Waals surface area contributed by atoms with Gasteiger partial charge >= 0.3 is 0 Å². The van der Waals surface area contributed by atoms with Crippen molar-refractivity contribution in [2.45, 2.75) is 19.3 Å². The van der Waals surface area contributed by atoms with Gasteiger partial charge in [-0.05, 0) is 55.9 Å². The van der Waals surface area contributed by atoms with E-state index in [0.717, 1.165) is 43.7 Å². The molecule has 0 spiro atoms. The molecule has 0 saturated heterocycles. The summed E-state index contributed by atoms with van der Waals surface area (Å²) >= 11 is 0. The molecule has 246 valence electrons. The molecule has 0 bridgehead atoms. The summed E-state index contributed by atoms with van der Waals surface area (Å²) in [6.45, 7) is 4.62. The van der Waals surface area contributed by atoms with Crippen LogP contribution in [0.3, 0.4) is 0 Å². The van der Waals surface area contributed by atoms with Gasteiger partial charge in [0, 0.05) is 27.3 Å². The molecule has 0 aliphatic heterocycles. The van der Waals surface area contributed by atoms with Crippen molar-refractivity contribution in [3.8, 4) is 39.9 Å². The third kappa shape index (κ3) is 4.58. The molecule has 0 N–H and O–H groups in total. The molecule has 4 heteroatoms. The number of nitrogens with zero attached hydrogens (tertiary/aromatic N) is 4. The summed E-state index contributed by atoms with van der Waals surface area (Å²) in [6.07, 6.45) is 0. The van der Waals surface area contributed by atoms with Gasteiger partial charge in [0.05, 0.1) is 11.0 Å². The lowest BCUT2D eigenvalue weighted by Crippen LogP contribution is -2.14. The average Bonchev–Trinajstić information content (AvgIpc) is 3.46. The molecule has 0 radical (unpaired) electrons.